The zero-order chi connectivity index (χ0) is 19.9. The minimum Gasteiger partial charge on any atom is -0.378 e. The molecule has 0 amide bonds. The van der Waals surface area contributed by atoms with Crippen LogP contribution in [0.2, 0.25) is 21.1 Å². The molecule has 2 aliphatic rings. The molecule has 0 N–H and O–H groups in total. The third-order valence-corrected chi connectivity index (χ3v) is 4.40. The van der Waals surface area contributed by atoms with Crippen molar-refractivity contribution in [2.24, 2.45) is 0 Å². The zero-order valence-corrected chi connectivity index (χ0v) is 17.6. The Balaban J connectivity index is 0.000000211. The van der Waals surface area contributed by atoms with Crippen LogP contribution in [0.25, 0.3) is 0 Å². The second kappa shape index (κ2) is 10.5. The number of nitrogens with zero attached hydrogens (tertiary/aromatic N) is 8. The molecule has 0 aromatic carbocycles. The van der Waals surface area contributed by atoms with Gasteiger partial charge in [0.1, 0.15) is 0 Å². The number of ether oxygens (including phenoxy) is 2. The Morgan fingerprint density at radius 1 is 0.500 bits per heavy atom. The molecule has 152 valence electrons. The maximum absolute atomic E-state index is 6.01. The van der Waals surface area contributed by atoms with Gasteiger partial charge in [-0.05, 0) is 46.4 Å². The highest BCUT2D eigenvalue weighted by Gasteiger charge is 2.19. The molecule has 14 heteroatoms. The minimum atomic E-state index is 0.000000000000000444. The molecule has 2 aromatic rings. The molecule has 4 rings (SSSR count). The molecule has 2 aromatic heterocycles. The van der Waals surface area contributed by atoms with E-state index in [1.807, 2.05) is 0 Å². The van der Waals surface area contributed by atoms with E-state index in [1.54, 1.807) is 0 Å². The number of halogens is 4. The average Bonchev–Trinajstić information content (AvgIpc) is 2.68. The van der Waals surface area contributed by atoms with Gasteiger partial charge in [-0.2, -0.15) is 29.9 Å². The van der Waals surface area contributed by atoms with Gasteiger partial charge in [0, 0.05) is 26.2 Å². The molecule has 0 unspecified atom stereocenters. The largest absolute Gasteiger partial charge is 0.378 e. The van der Waals surface area contributed by atoms with Crippen molar-refractivity contribution in [3.63, 3.8) is 0 Å². The maximum Gasteiger partial charge on any atom is 0.231 e. The van der Waals surface area contributed by atoms with E-state index in [1.165, 1.54) is 0 Å². The first-order valence-electron chi connectivity index (χ1n) is 8.31. The summed E-state index contributed by atoms with van der Waals surface area (Å²) in [6.07, 6.45) is 0. The van der Waals surface area contributed by atoms with Crippen molar-refractivity contribution in [1.82, 2.24) is 29.9 Å². The van der Waals surface area contributed by atoms with E-state index >= 15 is 0 Å². The van der Waals surface area contributed by atoms with E-state index in [-0.39, 0.29) is 21.1 Å². The average molecular weight is 470 g/mol. The van der Waals surface area contributed by atoms with Crippen molar-refractivity contribution in [1.29, 1.82) is 0 Å². The highest BCUT2D eigenvalue weighted by atomic mass is 35.5. The summed E-state index contributed by atoms with van der Waals surface area (Å²) in [6.45, 7) is 5.89. The molecule has 0 aliphatic carbocycles. The fourth-order valence-corrected chi connectivity index (χ4v) is 3.20. The summed E-state index contributed by atoms with van der Waals surface area (Å²) < 4.78 is 10.7. The van der Waals surface area contributed by atoms with Crippen LogP contribution in [-0.2, 0) is 9.47 Å². The first kappa shape index (κ1) is 21.4. The quantitative estimate of drug-likeness (QED) is 0.648. The Labute approximate surface area is 181 Å². The van der Waals surface area contributed by atoms with E-state index in [4.69, 9.17) is 55.9 Å². The fraction of sp³-hybridized carbons (Fsp3) is 0.571. The van der Waals surface area contributed by atoms with Gasteiger partial charge in [0.25, 0.3) is 0 Å². The van der Waals surface area contributed by atoms with Gasteiger partial charge in [-0.1, -0.05) is 0 Å². The van der Waals surface area contributed by atoms with Gasteiger partial charge in [-0.3, -0.25) is 0 Å². The summed E-state index contributed by atoms with van der Waals surface area (Å²) in [5.74, 6) is 1.26. The molecule has 2 aliphatic heterocycles. The fourth-order valence-electron chi connectivity index (χ4n) is 2.44. The molecule has 0 radical (unpaired) electrons. The molecule has 28 heavy (non-hydrogen) atoms. The third-order valence-electron chi connectivity index (χ3n) is 3.73. The van der Waals surface area contributed by atoms with Crippen LogP contribution >= 0.6 is 46.4 Å². The number of rotatable bonds is 2. The summed E-state index contributed by atoms with van der Waals surface area (Å²) in [6, 6.07) is 0. The van der Waals surface area contributed by atoms with Gasteiger partial charge in [0.05, 0.1) is 26.4 Å². The van der Waals surface area contributed by atoms with E-state index < -0.39 is 0 Å². The smallest absolute Gasteiger partial charge is 0.231 e. The normalized spacial score (nSPS) is 17.1. The highest BCUT2D eigenvalue weighted by molar-refractivity contribution is 6.33. The SMILES string of the molecule is Clc1nc(Cl)nc(Cl)n1.Clc1nc(N2CCOCC2)nc(N2CCOCC2)n1. The van der Waals surface area contributed by atoms with Gasteiger partial charge in [-0.15, -0.1) is 0 Å². The van der Waals surface area contributed by atoms with Crippen LogP contribution in [0.4, 0.5) is 11.9 Å². The van der Waals surface area contributed by atoms with E-state index in [9.17, 15) is 0 Å². The summed E-state index contributed by atoms with van der Waals surface area (Å²) in [4.78, 5) is 27.4. The van der Waals surface area contributed by atoms with Gasteiger partial charge < -0.3 is 19.3 Å². The molecule has 0 bridgehead atoms. The number of hydrogen-bond acceptors (Lipinski definition) is 10. The van der Waals surface area contributed by atoms with Gasteiger partial charge in [0.2, 0.25) is 33.0 Å². The lowest BCUT2D eigenvalue weighted by atomic mass is 10.4. The molecular weight excluding hydrogens is 454 g/mol. The van der Waals surface area contributed by atoms with Crippen LogP contribution in [-0.4, -0.2) is 82.5 Å². The van der Waals surface area contributed by atoms with Crippen LogP contribution in [0.1, 0.15) is 0 Å². The predicted molar refractivity (Wildman–Crippen MR) is 106 cm³/mol. The lowest BCUT2D eigenvalue weighted by molar-refractivity contribution is 0.121. The van der Waals surface area contributed by atoms with Crippen molar-refractivity contribution in [2.45, 2.75) is 0 Å². The van der Waals surface area contributed by atoms with E-state index in [2.05, 4.69) is 39.7 Å². The lowest BCUT2D eigenvalue weighted by Crippen LogP contribution is -2.40. The number of aromatic nitrogens is 6. The van der Waals surface area contributed by atoms with Crippen molar-refractivity contribution in [2.75, 3.05) is 62.4 Å². The molecular formula is C14H16Cl4N8O2. The Morgan fingerprint density at radius 2 is 0.821 bits per heavy atom. The first-order chi connectivity index (χ1) is 13.5. The van der Waals surface area contributed by atoms with Crippen LogP contribution in [0.15, 0.2) is 0 Å². The second-order valence-electron chi connectivity index (χ2n) is 5.55. The van der Waals surface area contributed by atoms with Crippen LogP contribution in [0.3, 0.4) is 0 Å². The highest BCUT2D eigenvalue weighted by Crippen LogP contribution is 2.18. The van der Waals surface area contributed by atoms with Crippen LogP contribution in [0.5, 0.6) is 0 Å². The summed E-state index contributed by atoms with van der Waals surface area (Å²) in [5, 5.41) is 0.234. The Morgan fingerprint density at radius 3 is 1.18 bits per heavy atom. The molecule has 0 atom stereocenters. The second-order valence-corrected chi connectivity index (χ2v) is 6.90. The first-order valence-corrected chi connectivity index (χ1v) is 9.82. The predicted octanol–water partition coefficient (Wildman–Crippen LogP) is 2.03. The summed E-state index contributed by atoms with van der Waals surface area (Å²) in [5.41, 5.74) is 0. The molecule has 0 saturated carbocycles. The monoisotopic (exact) mass is 468 g/mol. The van der Waals surface area contributed by atoms with Crippen molar-refractivity contribution >= 4 is 58.3 Å². The third kappa shape index (κ3) is 6.36. The van der Waals surface area contributed by atoms with Gasteiger partial charge in [0.15, 0.2) is 0 Å². The minimum absolute atomic E-state index is 0.000000000000000444. The van der Waals surface area contributed by atoms with Crippen LogP contribution in [0, 0.1) is 0 Å². The Bertz CT molecular complexity index is 703. The number of anilines is 2. The van der Waals surface area contributed by atoms with E-state index in [0.717, 1.165) is 26.2 Å². The maximum atomic E-state index is 6.01. The summed E-state index contributed by atoms with van der Waals surface area (Å²) in [7, 11) is 0. The van der Waals surface area contributed by atoms with Crippen molar-refractivity contribution in [3.8, 4) is 0 Å². The zero-order valence-electron chi connectivity index (χ0n) is 14.6. The van der Waals surface area contributed by atoms with Gasteiger partial charge >= 0.3 is 0 Å². The molecule has 10 nitrogen and oxygen atoms in total. The van der Waals surface area contributed by atoms with Crippen molar-refractivity contribution in [3.05, 3.63) is 21.1 Å². The molecule has 2 fully saturated rings. The molecule has 2 saturated heterocycles. The van der Waals surface area contributed by atoms with E-state index in [0.29, 0.717) is 38.3 Å². The molecule has 4 heterocycles. The molecule has 0 spiro atoms. The Kier molecular flexibility index (Phi) is 8.00. The number of hydrogen-bond donors (Lipinski definition) is 0. The topological polar surface area (TPSA) is 102 Å². The van der Waals surface area contributed by atoms with Gasteiger partial charge in [-0.25, -0.2) is 0 Å². The lowest BCUT2D eigenvalue weighted by Gasteiger charge is -2.29. The number of morpholine rings is 2. The van der Waals surface area contributed by atoms with Crippen molar-refractivity contribution < 1.29 is 9.47 Å². The van der Waals surface area contributed by atoms with Crippen LogP contribution < -0.4 is 9.80 Å². The standard InChI is InChI=1S/C11H16ClN5O2.C3Cl3N3/c12-9-13-10(16-1-5-18-6-2-16)15-11(14-9)17-3-7-19-8-4-17;4-1-7-2(5)9-3(6)8-1/h1-8H2;. The summed E-state index contributed by atoms with van der Waals surface area (Å²) >= 11 is 22.0. The Hall–Kier alpha value is -1.30.